The number of hydrogen-bond acceptors (Lipinski definition) is 4. The molecule has 0 bridgehead atoms. The Morgan fingerprint density at radius 3 is 2.04 bits per heavy atom. The Morgan fingerprint density at radius 1 is 0.857 bits per heavy atom. The second-order valence-electron chi connectivity index (χ2n) is 8.17. The van der Waals surface area contributed by atoms with Crippen molar-refractivity contribution in [3.05, 3.63) is 35.9 Å². The highest BCUT2D eigenvalue weighted by Crippen LogP contribution is 2.27. The molecule has 3 aliphatic heterocycles. The van der Waals surface area contributed by atoms with E-state index >= 15 is 0 Å². The van der Waals surface area contributed by atoms with Gasteiger partial charge in [-0.05, 0) is 43.3 Å². The molecule has 3 fully saturated rings. The maximum absolute atomic E-state index is 12.8. The number of halogens is 2. The molecule has 0 radical (unpaired) electrons. The van der Waals surface area contributed by atoms with Gasteiger partial charge in [0.1, 0.15) is 0 Å². The Balaban J connectivity index is 0.00000140. The molecule has 3 saturated heterocycles. The highest BCUT2D eigenvalue weighted by Gasteiger charge is 2.32. The molecular weight excluding hydrogens is 395 g/mol. The molecule has 1 aromatic rings. The lowest BCUT2D eigenvalue weighted by atomic mass is 9.92. The first-order valence-electron chi connectivity index (χ1n) is 10.2. The zero-order chi connectivity index (χ0) is 17.8. The molecule has 5 nitrogen and oxygen atoms in total. The van der Waals surface area contributed by atoms with Crippen molar-refractivity contribution in [2.75, 3.05) is 58.9 Å². The Kier molecular flexibility index (Phi) is 9.51. The number of nitrogens with zero attached hydrogens (tertiary/aromatic N) is 3. The SMILES string of the molecule is Cl.Cl.O=C(CN1CCN(Cc2ccccc2)CC1)N1CC[C@@H]2CNC[C@@H]2CC1. The summed E-state index contributed by atoms with van der Waals surface area (Å²) in [5.74, 6) is 1.91. The van der Waals surface area contributed by atoms with Gasteiger partial charge >= 0.3 is 0 Å². The lowest BCUT2D eigenvalue weighted by Crippen LogP contribution is -2.49. The molecule has 1 aromatic carbocycles. The summed E-state index contributed by atoms with van der Waals surface area (Å²) >= 11 is 0. The Bertz CT molecular complexity index is 581. The van der Waals surface area contributed by atoms with Crippen LogP contribution in [-0.2, 0) is 11.3 Å². The molecule has 0 aliphatic carbocycles. The largest absolute Gasteiger partial charge is 0.342 e. The Morgan fingerprint density at radius 2 is 1.43 bits per heavy atom. The molecular formula is C21H34Cl2N4O. The fourth-order valence-corrected chi connectivity index (χ4v) is 4.71. The van der Waals surface area contributed by atoms with Gasteiger partial charge in [-0.2, -0.15) is 0 Å². The molecule has 3 aliphatic rings. The van der Waals surface area contributed by atoms with Crippen molar-refractivity contribution in [3.63, 3.8) is 0 Å². The molecule has 0 aromatic heterocycles. The number of hydrogen-bond donors (Lipinski definition) is 1. The van der Waals surface area contributed by atoms with Gasteiger partial charge in [-0.25, -0.2) is 0 Å². The van der Waals surface area contributed by atoms with Crippen molar-refractivity contribution >= 4 is 30.7 Å². The van der Waals surface area contributed by atoms with E-state index in [4.69, 9.17) is 0 Å². The van der Waals surface area contributed by atoms with Crippen LogP contribution in [0.15, 0.2) is 30.3 Å². The van der Waals surface area contributed by atoms with Crippen molar-refractivity contribution in [1.82, 2.24) is 20.0 Å². The van der Waals surface area contributed by atoms with Crippen LogP contribution in [0.1, 0.15) is 18.4 Å². The molecule has 0 spiro atoms. The van der Waals surface area contributed by atoms with Crippen LogP contribution >= 0.6 is 24.8 Å². The molecule has 158 valence electrons. The van der Waals surface area contributed by atoms with E-state index in [1.807, 2.05) is 0 Å². The molecule has 28 heavy (non-hydrogen) atoms. The molecule has 1 N–H and O–H groups in total. The van der Waals surface area contributed by atoms with E-state index in [1.165, 1.54) is 18.4 Å². The predicted octanol–water partition coefficient (Wildman–Crippen LogP) is 2.11. The van der Waals surface area contributed by atoms with E-state index in [0.29, 0.717) is 12.5 Å². The summed E-state index contributed by atoms with van der Waals surface area (Å²) < 4.78 is 0. The zero-order valence-corrected chi connectivity index (χ0v) is 18.2. The molecule has 7 heteroatoms. The Labute approximate surface area is 181 Å². The average Bonchev–Trinajstić information content (AvgIpc) is 3.02. The highest BCUT2D eigenvalue weighted by atomic mass is 35.5. The van der Waals surface area contributed by atoms with Crippen LogP contribution in [0, 0.1) is 11.8 Å². The van der Waals surface area contributed by atoms with Crippen LogP contribution < -0.4 is 5.32 Å². The number of amides is 1. The number of fused-ring (bicyclic) bond motifs is 1. The van der Waals surface area contributed by atoms with E-state index in [9.17, 15) is 4.79 Å². The summed E-state index contributed by atoms with van der Waals surface area (Å²) in [7, 11) is 0. The van der Waals surface area contributed by atoms with Crippen LogP contribution in [0.3, 0.4) is 0 Å². The van der Waals surface area contributed by atoms with Crippen LogP contribution in [0.25, 0.3) is 0 Å². The quantitative estimate of drug-likeness (QED) is 0.796. The smallest absolute Gasteiger partial charge is 0.236 e. The van der Waals surface area contributed by atoms with E-state index in [2.05, 4.69) is 50.3 Å². The number of piperazine rings is 1. The van der Waals surface area contributed by atoms with Crippen LogP contribution in [0.2, 0.25) is 0 Å². The third-order valence-corrected chi connectivity index (χ3v) is 6.44. The van der Waals surface area contributed by atoms with E-state index in [-0.39, 0.29) is 24.8 Å². The predicted molar refractivity (Wildman–Crippen MR) is 118 cm³/mol. The van der Waals surface area contributed by atoms with Crippen LogP contribution in [-0.4, -0.2) is 79.5 Å². The van der Waals surface area contributed by atoms with E-state index in [1.54, 1.807) is 0 Å². The number of carbonyl (C=O) groups excluding carboxylic acids is 1. The maximum atomic E-state index is 12.8. The third-order valence-electron chi connectivity index (χ3n) is 6.44. The molecule has 1 amide bonds. The van der Waals surface area contributed by atoms with E-state index in [0.717, 1.165) is 70.7 Å². The van der Waals surface area contributed by atoms with Crippen molar-refractivity contribution in [2.24, 2.45) is 11.8 Å². The molecule has 0 unspecified atom stereocenters. The number of nitrogens with one attached hydrogen (secondary N) is 1. The standard InChI is InChI=1S/C21H32N4O.2ClH/c26-21(25-8-6-19-14-22-15-20(19)7-9-25)17-24-12-10-23(11-13-24)16-18-4-2-1-3-5-18;;/h1-5,19-20,22H,6-17H2;2*1H/t19-,20+;;. The fourth-order valence-electron chi connectivity index (χ4n) is 4.71. The summed E-state index contributed by atoms with van der Waals surface area (Å²) in [6.07, 6.45) is 2.35. The van der Waals surface area contributed by atoms with Gasteiger partial charge < -0.3 is 10.2 Å². The minimum atomic E-state index is 0. The van der Waals surface area contributed by atoms with Crippen LogP contribution in [0.4, 0.5) is 0 Å². The van der Waals surface area contributed by atoms with Gasteiger partial charge in [0, 0.05) is 45.8 Å². The number of benzene rings is 1. The number of rotatable bonds is 4. The van der Waals surface area contributed by atoms with Gasteiger partial charge in [-0.3, -0.25) is 14.6 Å². The second kappa shape index (κ2) is 11.4. The first-order valence-corrected chi connectivity index (χ1v) is 10.2. The normalized spacial score (nSPS) is 25.9. The van der Waals surface area contributed by atoms with Gasteiger partial charge in [0.05, 0.1) is 6.54 Å². The minimum absolute atomic E-state index is 0. The van der Waals surface area contributed by atoms with Crippen molar-refractivity contribution in [2.45, 2.75) is 19.4 Å². The van der Waals surface area contributed by atoms with Crippen molar-refractivity contribution in [3.8, 4) is 0 Å². The van der Waals surface area contributed by atoms with Crippen LogP contribution in [0.5, 0.6) is 0 Å². The fraction of sp³-hybridized carbons (Fsp3) is 0.667. The summed E-state index contributed by atoms with van der Waals surface area (Å²) in [5.41, 5.74) is 1.38. The maximum Gasteiger partial charge on any atom is 0.236 e. The summed E-state index contributed by atoms with van der Waals surface area (Å²) in [4.78, 5) is 19.7. The number of carbonyl (C=O) groups is 1. The van der Waals surface area contributed by atoms with Gasteiger partial charge in [0.15, 0.2) is 0 Å². The lowest BCUT2D eigenvalue weighted by molar-refractivity contribution is -0.132. The lowest BCUT2D eigenvalue weighted by Gasteiger charge is -2.35. The first-order chi connectivity index (χ1) is 12.8. The minimum Gasteiger partial charge on any atom is -0.342 e. The van der Waals surface area contributed by atoms with Gasteiger partial charge in [0.2, 0.25) is 5.91 Å². The number of likely N-dealkylation sites (tertiary alicyclic amines) is 1. The summed E-state index contributed by atoms with van der Waals surface area (Å²) in [6.45, 7) is 9.94. The summed E-state index contributed by atoms with van der Waals surface area (Å²) in [6, 6.07) is 10.7. The van der Waals surface area contributed by atoms with Crippen molar-refractivity contribution in [1.29, 1.82) is 0 Å². The molecule has 0 saturated carbocycles. The second-order valence-corrected chi connectivity index (χ2v) is 8.17. The van der Waals surface area contributed by atoms with Gasteiger partial charge in [-0.15, -0.1) is 24.8 Å². The average molecular weight is 429 g/mol. The molecule has 2 atom stereocenters. The van der Waals surface area contributed by atoms with Gasteiger partial charge in [0.25, 0.3) is 0 Å². The summed E-state index contributed by atoms with van der Waals surface area (Å²) in [5, 5.41) is 3.51. The highest BCUT2D eigenvalue weighted by molar-refractivity contribution is 5.85. The zero-order valence-electron chi connectivity index (χ0n) is 16.6. The molecule has 4 rings (SSSR count). The van der Waals surface area contributed by atoms with Gasteiger partial charge in [-0.1, -0.05) is 30.3 Å². The first kappa shape index (κ1) is 23.4. The Hall–Kier alpha value is -0.850. The monoisotopic (exact) mass is 428 g/mol. The van der Waals surface area contributed by atoms with E-state index < -0.39 is 0 Å². The topological polar surface area (TPSA) is 38.8 Å². The van der Waals surface area contributed by atoms with Crippen molar-refractivity contribution < 1.29 is 4.79 Å². The molecule has 3 heterocycles. The third kappa shape index (κ3) is 6.07.